The average Bonchev–Trinajstić information content (AvgIpc) is 3.10. The molecule has 0 N–H and O–H groups in total. The smallest absolute Gasteiger partial charge is 0.343 e. The molecule has 130 valence electrons. The van der Waals surface area contributed by atoms with E-state index in [-0.39, 0.29) is 17.3 Å². The monoisotopic (exact) mass is 416 g/mol. The van der Waals surface area contributed by atoms with Crippen molar-refractivity contribution in [3.05, 3.63) is 61.3 Å². The van der Waals surface area contributed by atoms with Gasteiger partial charge in [0.2, 0.25) is 0 Å². The summed E-state index contributed by atoms with van der Waals surface area (Å²) in [5.41, 5.74) is 1.91. The summed E-state index contributed by atoms with van der Waals surface area (Å²) in [4.78, 5) is 12.4. The van der Waals surface area contributed by atoms with Crippen LogP contribution in [-0.2, 0) is 17.9 Å². The van der Waals surface area contributed by atoms with Crippen molar-refractivity contribution in [3.8, 4) is 0 Å². The Hall–Kier alpha value is -1.67. The van der Waals surface area contributed by atoms with Gasteiger partial charge in [0.1, 0.15) is 27.4 Å². The molecular weight excluding hydrogens is 407 g/mol. The Labute approximate surface area is 162 Å². The van der Waals surface area contributed by atoms with Crippen molar-refractivity contribution >= 4 is 52.3 Å². The Balaban J connectivity index is 1.78. The van der Waals surface area contributed by atoms with Crippen LogP contribution in [0.3, 0.4) is 0 Å². The summed E-state index contributed by atoms with van der Waals surface area (Å²) in [7, 11) is 0. The van der Waals surface area contributed by atoms with Gasteiger partial charge in [-0.2, -0.15) is 5.10 Å². The van der Waals surface area contributed by atoms with E-state index in [2.05, 4.69) is 14.7 Å². The second-order valence-corrected chi connectivity index (χ2v) is 7.19. The number of hydrogen-bond acceptors (Lipinski definition) is 6. The van der Waals surface area contributed by atoms with E-state index in [0.717, 1.165) is 17.1 Å². The number of rotatable bonds is 5. The first-order valence-corrected chi connectivity index (χ1v) is 8.98. The van der Waals surface area contributed by atoms with Gasteiger partial charge >= 0.3 is 5.97 Å². The van der Waals surface area contributed by atoms with Crippen LogP contribution in [0.1, 0.15) is 27.3 Å². The van der Waals surface area contributed by atoms with Crippen molar-refractivity contribution < 1.29 is 9.53 Å². The van der Waals surface area contributed by atoms with E-state index < -0.39 is 5.97 Å². The zero-order valence-corrected chi connectivity index (χ0v) is 16.0. The minimum Gasteiger partial charge on any atom is -0.455 e. The Morgan fingerprint density at radius 2 is 2.04 bits per heavy atom. The summed E-state index contributed by atoms with van der Waals surface area (Å²) < 4.78 is 10.8. The number of ether oxygens (including phenoxy) is 1. The summed E-state index contributed by atoms with van der Waals surface area (Å²) in [6.45, 7) is 1.94. The zero-order chi connectivity index (χ0) is 18.0. The number of benzene rings is 1. The van der Waals surface area contributed by atoms with Crippen LogP contribution in [0.15, 0.2) is 24.3 Å². The summed E-state index contributed by atoms with van der Waals surface area (Å²) in [6.07, 6.45) is 0. The predicted molar refractivity (Wildman–Crippen MR) is 96.6 cm³/mol. The SMILES string of the molecule is Cc1nn(Cc2ccccc2Cl)c(Cl)c1C(=O)OCc1nnsc1Cl. The van der Waals surface area contributed by atoms with Crippen molar-refractivity contribution in [2.75, 3.05) is 0 Å². The van der Waals surface area contributed by atoms with Gasteiger partial charge < -0.3 is 4.74 Å². The van der Waals surface area contributed by atoms with E-state index >= 15 is 0 Å². The Kier molecular flexibility index (Phi) is 5.58. The molecule has 0 amide bonds. The fourth-order valence-electron chi connectivity index (χ4n) is 2.17. The van der Waals surface area contributed by atoms with E-state index in [1.165, 1.54) is 4.68 Å². The molecule has 0 fully saturated rings. The first-order chi connectivity index (χ1) is 12.0. The molecule has 0 atom stereocenters. The van der Waals surface area contributed by atoms with Crippen LogP contribution in [0, 0.1) is 6.92 Å². The first kappa shape index (κ1) is 18.1. The van der Waals surface area contributed by atoms with Gasteiger partial charge in [-0.05, 0) is 18.6 Å². The van der Waals surface area contributed by atoms with Crippen LogP contribution < -0.4 is 0 Å². The number of carbonyl (C=O) groups is 1. The average molecular weight is 418 g/mol. The molecule has 0 aliphatic rings. The maximum absolute atomic E-state index is 12.4. The lowest BCUT2D eigenvalue weighted by Crippen LogP contribution is -2.08. The van der Waals surface area contributed by atoms with Crippen LogP contribution in [-0.4, -0.2) is 25.3 Å². The number of aromatic nitrogens is 4. The van der Waals surface area contributed by atoms with Gasteiger partial charge in [-0.3, -0.25) is 0 Å². The molecule has 3 aromatic rings. The summed E-state index contributed by atoms with van der Waals surface area (Å²) in [5, 5.41) is 8.88. The predicted octanol–water partition coefficient (Wildman–Crippen LogP) is 4.41. The molecule has 3 rings (SSSR count). The highest BCUT2D eigenvalue weighted by atomic mass is 35.5. The van der Waals surface area contributed by atoms with Gasteiger partial charge in [0.25, 0.3) is 0 Å². The van der Waals surface area contributed by atoms with Crippen molar-refractivity contribution in [1.82, 2.24) is 19.4 Å². The summed E-state index contributed by atoms with van der Waals surface area (Å²) in [5.74, 6) is -0.600. The Morgan fingerprint density at radius 1 is 1.28 bits per heavy atom. The third-order valence-electron chi connectivity index (χ3n) is 3.40. The van der Waals surface area contributed by atoms with Crippen molar-refractivity contribution in [3.63, 3.8) is 0 Å². The molecular formula is C15H11Cl3N4O2S. The molecule has 10 heteroatoms. The van der Waals surface area contributed by atoms with E-state index in [4.69, 9.17) is 39.5 Å². The molecule has 25 heavy (non-hydrogen) atoms. The molecule has 0 unspecified atom stereocenters. The third kappa shape index (κ3) is 3.95. The maximum atomic E-state index is 12.4. The maximum Gasteiger partial charge on any atom is 0.343 e. The van der Waals surface area contributed by atoms with E-state index in [9.17, 15) is 4.79 Å². The second kappa shape index (κ2) is 7.70. The van der Waals surface area contributed by atoms with Gasteiger partial charge in [0.15, 0.2) is 0 Å². The highest BCUT2D eigenvalue weighted by Gasteiger charge is 2.23. The number of nitrogens with zero attached hydrogens (tertiary/aromatic N) is 4. The van der Waals surface area contributed by atoms with Crippen LogP contribution in [0.4, 0.5) is 0 Å². The molecule has 0 spiro atoms. The number of carbonyl (C=O) groups excluding carboxylic acids is 1. The highest BCUT2D eigenvalue weighted by molar-refractivity contribution is 7.10. The van der Waals surface area contributed by atoms with Gasteiger partial charge in [-0.15, -0.1) is 5.10 Å². The Bertz CT molecular complexity index is 925. The molecule has 6 nitrogen and oxygen atoms in total. The summed E-state index contributed by atoms with van der Waals surface area (Å²) in [6, 6.07) is 7.35. The molecule has 0 aliphatic heterocycles. The fourth-order valence-corrected chi connectivity index (χ4v) is 3.28. The first-order valence-electron chi connectivity index (χ1n) is 7.07. The van der Waals surface area contributed by atoms with Gasteiger partial charge in [-0.1, -0.05) is 57.5 Å². The minimum absolute atomic E-state index is 0.0837. The molecule has 0 saturated carbocycles. The Morgan fingerprint density at radius 3 is 2.72 bits per heavy atom. The molecule has 1 aromatic carbocycles. The normalized spacial score (nSPS) is 10.9. The largest absolute Gasteiger partial charge is 0.455 e. The lowest BCUT2D eigenvalue weighted by atomic mass is 10.2. The lowest BCUT2D eigenvalue weighted by Gasteiger charge is -2.06. The van der Waals surface area contributed by atoms with Crippen LogP contribution in [0.25, 0.3) is 0 Å². The standard InChI is InChI=1S/C15H11Cl3N4O2S/c1-8-12(15(23)24-7-11-14(18)25-21-19-11)13(17)22(20-8)6-9-4-2-3-5-10(9)16/h2-5H,6-7H2,1H3. The molecule has 0 bridgehead atoms. The highest BCUT2D eigenvalue weighted by Crippen LogP contribution is 2.25. The van der Waals surface area contributed by atoms with Crippen LogP contribution >= 0.6 is 46.3 Å². The zero-order valence-electron chi connectivity index (χ0n) is 12.9. The number of hydrogen-bond donors (Lipinski definition) is 0. The fraction of sp³-hybridized carbons (Fsp3) is 0.200. The molecule has 2 aromatic heterocycles. The summed E-state index contributed by atoms with van der Waals surface area (Å²) >= 11 is 19.4. The third-order valence-corrected chi connectivity index (χ3v) is 5.13. The molecule has 0 aliphatic carbocycles. The minimum atomic E-state index is -0.600. The van der Waals surface area contributed by atoms with Crippen molar-refractivity contribution in [2.45, 2.75) is 20.1 Å². The number of esters is 1. The van der Waals surface area contributed by atoms with E-state index in [1.807, 2.05) is 18.2 Å². The quantitative estimate of drug-likeness (QED) is 0.575. The van der Waals surface area contributed by atoms with Gasteiger partial charge in [0, 0.05) is 16.6 Å². The van der Waals surface area contributed by atoms with E-state index in [1.54, 1.807) is 13.0 Å². The lowest BCUT2D eigenvalue weighted by molar-refractivity contribution is 0.0467. The van der Waals surface area contributed by atoms with Crippen LogP contribution in [0.5, 0.6) is 0 Å². The number of aryl methyl sites for hydroxylation is 1. The van der Waals surface area contributed by atoms with Crippen LogP contribution in [0.2, 0.25) is 14.5 Å². The van der Waals surface area contributed by atoms with Gasteiger partial charge in [0.05, 0.1) is 12.2 Å². The van der Waals surface area contributed by atoms with Gasteiger partial charge in [-0.25, -0.2) is 9.48 Å². The topological polar surface area (TPSA) is 69.9 Å². The van der Waals surface area contributed by atoms with E-state index in [0.29, 0.717) is 27.3 Å². The molecule has 2 heterocycles. The molecule has 0 radical (unpaired) electrons. The molecule has 0 saturated heterocycles. The van der Waals surface area contributed by atoms with Crippen molar-refractivity contribution in [1.29, 1.82) is 0 Å². The van der Waals surface area contributed by atoms with Crippen molar-refractivity contribution in [2.24, 2.45) is 0 Å². The number of halogens is 3. The second-order valence-electron chi connectivity index (χ2n) is 5.07.